The van der Waals surface area contributed by atoms with E-state index in [0.29, 0.717) is 5.92 Å². The van der Waals surface area contributed by atoms with E-state index in [9.17, 15) is 5.11 Å². The zero-order valence-electron chi connectivity index (χ0n) is 12.8. The first-order chi connectivity index (χ1) is 10.8. The predicted molar refractivity (Wildman–Crippen MR) is 88.7 cm³/mol. The Hall–Kier alpha value is -1.17. The first-order valence-electron chi connectivity index (χ1n) is 8.20. The van der Waals surface area contributed by atoms with Crippen LogP contribution in [0.15, 0.2) is 28.2 Å². The third-order valence-electron chi connectivity index (χ3n) is 4.39. The molecule has 4 nitrogen and oxygen atoms in total. The summed E-state index contributed by atoms with van der Waals surface area (Å²) in [6, 6.07) is 3.82. The fourth-order valence-corrected chi connectivity index (χ4v) is 3.92. The van der Waals surface area contributed by atoms with E-state index in [1.54, 1.807) is 17.6 Å². The zero-order chi connectivity index (χ0) is 15.2. The molecule has 0 aromatic carbocycles. The van der Waals surface area contributed by atoms with Gasteiger partial charge in [0.15, 0.2) is 10.8 Å². The summed E-state index contributed by atoms with van der Waals surface area (Å²) in [7, 11) is 0. The Balaban J connectivity index is 1.35. The highest BCUT2D eigenvalue weighted by atomic mass is 32.1. The molecule has 0 bridgehead atoms. The van der Waals surface area contributed by atoms with Crippen molar-refractivity contribution in [3.63, 3.8) is 0 Å². The molecule has 0 saturated heterocycles. The van der Waals surface area contributed by atoms with Gasteiger partial charge >= 0.3 is 0 Å². The van der Waals surface area contributed by atoms with E-state index < -0.39 is 0 Å². The van der Waals surface area contributed by atoms with Gasteiger partial charge in [0.25, 0.3) is 0 Å². The smallest absolute Gasteiger partial charge is 0.162 e. The molecule has 1 aliphatic carbocycles. The van der Waals surface area contributed by atoms with Crippen molar-refractivity contribution in [2.24, 2.45) is 5.92 Å². The minimum absolute atomic E-state index is 0.0665. The Labute approximate surface area is 135 Å². The van der Waals surface area contributed by atoms with Gasteiger partial charge in [0.2, 0.25) is 0 Å². The van der Waals surface area contributed by atoms with E-state index >= 15 is 0 Å². The van der Waals surface area contributed by atoms with Gasteiger partial charge in [-0.25, -0.2) is 4.98 Å². The van der Waals surface area contributed by atoms with Crippen molar-refractivity contribution in [3.8, 4) is 10.8 Å². The summed E-state index contributed by atoms with van der Waals surface area (Å²) < 4.78 is 5.36. The Morgan fingerprint density at radius 2 is 2.27 bits per heavy atom. The standard InChI is InChI=1S/C17H24N2O2S/c20-15-7-2-1-5-13(15)6-3-9-18-11-14-12-22-17(19-14)16-8-4-10-21-16/h4,8,10,12-13,15,18,20H,1-3,5-7,9,11H2. The summed E-state index contributed by atoms with van der Waals surface area (Å²) in [6.45, 7) is 1.78. The summed E-state index contributed by atoms with van der Waals surface area (Å²) in [5.74, 6) is 1.35. The lowest BCUT2D eigenvalue weighted by atomic mass is 9.83. The van der Waals surface area contributed by atoms with Crippen molar-refractivity contribution in [2.45, 2.75) is 51.2 Å². The largest absolute Gasteiger partial charge is 0.462 e. The normalized spacial score (nSPS) is 22.0. The maximum Gasteiger partial charge on any atom is 0.162 e. The van der Waals surface area contributed by atoms with E-state index in [4.69, 9.17) is 4.42 Å². The molecule has 0 aliphatic heterocycles. The number of nitrogens with zero attached hydrogens (tertiary/aromatic N) is 1. The second-order valence-corrected chi connectivity index (χ2v) is 6.91. The number of hydrogen-bond acceptors (Lipinski definition) is 5. The lowest BCUT2D eigenvalue weighted by Crippen LogP contribution is -2.25. The van der Waals surface area contributed by atoms with Crippen LogP contribution in [0.1, 0.15) is 44.2 Å². The van der Waals surface area contributed by atoms with Gasteiger partial charge < -0.3 is 14.8 Å². The van der Waals surface area contributed by atoms with Crippen molar-refractivity contribution in [2.75, 3.05) is 6.54 Å². The topological polar surface area (TPSA) is 58.3 Å². The molecule has 2 aromatic heterocycles. The highest BCUT2D eigenvalue weighted by Crippen LogP contribution is 2.27. The van der Waals surface area contributed by atoms with Gasteiger partial charge in [-0.2, -0.15) is 0 Å². The summed E-state index contributed by atoms with van der Waals surface area (Å²) >= 11 is 1.62. The summed E-state index contributed by atoms with van der Waals surface area (Å²) in [5.41, 5.74) is 1.06. The van der Waals surface area contributed by atoms with E-state index in [1.165, 1.54) is 19.3 Å². The highest BCUT2D eigenvalue weighted by Gasteiger charge is 2.22. The molecule has 5 heteroatoms. The Bertz CT molecular complexity index is 553. The van der Waals surface area contributed by atoms with E-state index in [2.05, 4.69) is 15.7 Å². The number of nitrogens with one attached hydrogen (secondary N) is 1. The first kappa shape index (κ1) is 15.7. The molecule has 0 amide bonds. The Kier molecular flexibility index (Phi) is 5.64. The quantitative estimate of drug-likeness (QED) is 0.761. The third-order valence-corrected chi connectivity index (χ3v) is 5.29. The molecule has 0 radical (unpaired) electrons. The van der Waals surface area contributed by atoms with Gasteiger partial charge in [-0.3, -0.25) is 0 Å². The third kappa shape index (κ3) is 4.18. The molecule has 1 fully saturated rings. The molecular weight excluding hydrogens is 296 g/mol. The van der Waals surface area contributed by atoms with Crippen LogP contribution in [0.4, 0.5) is 0 Å². The molecule has 2 atom stereocenters. The van der Waals surface area contributed by atoms with Crippen molar-refractivity contribution in [1.82, 2.24) is 10.3 Å². The predicted octanol–water partition coefficient (Wildman–Crippen LogP) is 3.82. The van der Waals surface area contributed by atoms with Crippen LogP contribution < -0.4 is 5.32 Å². The molecule has 3 rings (SSSR count). The second kappa shape index (κ2) is 7.90. The minimum atomic E-state index is -0.0665. The van der Waals surface area contributed by atoms with Crippen LogP contribution >= 0.6 is 11.3 Å². The van der Waals surface area contributed by atoms with Crippen LogP contribution in [-0.2, 0) is 6.54 Å². The number of aliphatic hydroxyl groups is 1. The lowest BCUT2D eigenvalue weighted by Gasteiger charge is -2.27. The van der Waals surface area contributed by atoms with Gasteiger partial charge in [-0.05, 0) is 50.3 Å². The molecule has 1 aliphatic rings. The molecule has 2 heterocycles. The van der Waals surface area contributed by atoms with E-state index in [1.807, 2.05) is 12.1 Å². The first-order valence-corrected chi connectivity index (χ1v) is 9.08. The molecule has 2 unspecified atom stereocenters. The Morgan fingerprint density at radius 1 is 1.36 bits per heavy atom. The molecule has 2 aromatic rings. The van der Waals surface area contributed by atoms with Crippen molar-refractivity contribution in [1.29, 1.82) is 0 Å². The molecular formula is C17H24N2O2S. The van der Waals surface area contributed by atoms with Gasteiger partial charge in [0.1, 0.15) is 0 Å². The summed E-state index contributed by atoms with van der Waals surface area (Å²) in [5, 5.41) is 16.4. The van der Waals surface area contributed by atoms with Gasteiger partial charge in [-0.15, -0.1) is 11.3 Å². The number of furan rings is 1. The number of hydrogen-bond donors (Lipinski definition) is 2. The van der Waals surface area contributed by atoms with Crippen molar-refractivity contribution in [3.05, 3.63) is 29.5 Å². The van der Waals surface area contributed by atoms with Crippen LogP contribution in [0.25, 0.3) is 10.8 Å². The number of rotatable bonds is 7. The van der Waals surface area contributed by atoms with Crippen LogP contribution in [0, 0.1) is 5.92 Å². The number of aliphatic hydroxyl groups excluding tert-OH is 1. The van der Waals surface area contributed by atoms with Crippen LogP contribution in [-0.4, -0.2) is 22.7 Å². The van der Waals surface area contributed by atoms with E-state index in [0.717, 1.165) is 48.8 Å². The maximum atomic E-state index is 9.96. The van der Waals surface area contributed by atoms with Crippen molar-refractivity contribution >= 4 is 11.3 Å². The van der Waals surface area contributed by atoms with E-state index in [-0.39, 0.29) is 6.10 Å². The molecule has 2 N–H and O–H groups in total. The second-order valence-electron chi connectivity index (χ2n) is 6.05. The minimum Gasteiger partial charge on any atom is -0.462 e. The maximum absolute atomic E-state index is 9.96. The SMILES string of the molecule is OC1CCCCC1CCCNCc1csc(-c2ccco2)n1. The van der Waals surface area contributed by atoms with Crippen molar-refractivity contribution < 1.29 is 9.52 Å². The molecule has 120 valence electrons. The molecule has 22 heavy (non-hydrogen) atoms. The van der Waals surface area contributed by atoms with Gasteiger partial charge in [0, 0.05) is 11.9 Å². The van der Waals surface area contributed by atoms with Crippen LogP contribution in [0.3, 0.4) is 0 Å². The number of thiazole rings is 1. The molecule has 1 saturated carbocycles. The van der Waals surface area contributed by atoms with Gasteiger partial charge in [0.05, 0.1) is 18.1 Å². The van der Waals surface area contributed by atoms with Crippen LogP contribution in [0.5, 0.6) is 0 Å². The monoisotopic (exact) mass is 320 g/mol. The molecule has 0 spiro atoms. The Morgan fingerprint density at radius 3 is 3.09 bits per heavy atom. The lowest BCUT2D eigenvalue weighted by molar-refractivity contribution is 0.0643. The van der Waals surface area contributed by atoms with Crippen LogP contribution in [0.2, 0.25) is 0 Å². The average Bonchev–Trinajstić information content (AvgIpc) is 3.19. The summed E-state index contributed by atoms with van der Waals surface area (Å²) in [4.78, 5) is 4.57. The zero-order valence-corrected chi connectivity index (χ0v) is 13.6. The van der Waals surface area contributed by atoms with Gasteiger partial charge in [-0.1, -0.05) is 12.8 Å². The highest BCUT2D eigenvalue weighted by molar-refractivity contribution is 7.13. The average molecular weight is 320 g/mol. The number of aromatic nitrogens is 1. The fourth-order valence-electron chi connectivity index (χ4n) is 3.13. The summed E-state index contributed by atoms with van der Waals surface area (Å²) in [6.07, 6.45) is 8.52. The fraction of sp³-hybridized carbons (Fsp3) is 0.588.